The lowest BCUT2D eigenvalue weighted by Crippen LogP contribution is -2.38. The van der Waals surface area contributed by atoms with Crippen molar-refractivity contribution in [3.8, 4) is 5.75 Å². The molecule has 1 heterocycles. The molecule has 2 aliphatic rings. The molecule has 2 fully saturated rings. The molecule has 0 bridgehead atoms. The molecular weight excluding hydrogens is 352 g/mol. The maximum Gasteiger partial charge on any atom is 0.411 e. The molecule has 1 amide bonds. The van der Waals surface area contributed by atoms with Crippen LogP contribution in [0.25, 0.3) is 0 Å². The van der Waals surface area contributed by atoms with E-state index >= 15 is 0 Å². The van der Waals surface area contributed by atoms with Crippen molar-refractivity contribution in [2.75, 3.05) is 31.6 Å². The van der Waals surface area contributed by atoms with E-state index in [1.165, 1.54) is 45.2 Å². The number of unbranched alkanes of at least 4 members (excludes halogenated alkanes) is 2. The zero-order valence-corrected chi connectivity index (χ0v) is 17.3. The summed E-state index contributed by atoms with van der Waals surface area (Å²) in [5.41, 5.74) is 0.727. The van der Waals surface area contributed by atoms with Gasteiger partial charge in [-0.3, -0.25) is 5.32 Å². The molecule has 0 radical (unpaired) electrons. The summed E-state index contributed by atoms with van der Waals surface area (Å²) in [5.74, 6) is 1.25. The van der Waals surface area contributed by atoms with Crippen LogP contribution in [0.1, 0.15) is 64.7 Å². The van der Waals surface area contributed by atoms with Crippen LogP contribution in [0, 0.1) is 5.92 Å². The van der Waals surface area contributed by atoms with Gasteiger partial charge in [-0.2, -0.15) is 0 Å². The minimum Gasteiger partial charge on any atom is -0.494 e. The van der Waals surface area contributed by atoms with Crippen LogP contribution in [0.5, 0.6) is 5.75 Å². The highest BCUT2D eigenvalue weighted by Gasteiger charge is 2.30. The summed E-state index contributed by atoms with van der Waals surface area (Å²) < 4.78 is 11.6. The Morgan fingerprint density at radius 3 is 2.79 bits per heavy atom. The van der Waals surface area contributed by atoms with Gasteiger partial charge in [-0.15, -0.1) is 0 Å². The van der Waals surface area contributed by atoms with E-state index in [2.05, 4.69) is 17.1 Å². The molecule has 1 aromatic carbocycles. The summed E-state index contributed by atoms with van der Waals surface area (Å²) >= 11 is 0. The van der Waals surface area contributed by atoms with E-state index in [9.17, 15) is 4.79 Å². The Balaban J connectivity index is 1.48. The number of likely N-dealkylation sites (tertiary alicyclic amines) is 1. The van der Waals surface area contributed by atoms with E-state index in [4.69, 9.17) is 9.47 Å². The van der Waals surface area contributed by atoms with Gasteiger partial charge < -0.3 is 14.4 Å². The number of nitrogens with one attached hydrogen (secondary N) is 1. The Morgan fingerprint density at radius 2 is 1.96 bits per heavy atom. The van der Waals surface area contributed by atoms with E-state index in [1.54, 1.807) is 0 Å². The average Bonchev–Trinajstić information content (AvgIpc) is 3.20. The number of anilines is 1. The number of hydrogen-bond donors (Lipinski definition) is 1. The SMILES string of the molecule is CCCCCOc1cccc(NC(=O)OC2CCCCC2CN2CCCC2)c1. The normalized spacial score (nSPS) is 22.8. The number of carbonyl (C=O) groups is 1. The highest BCUT2D eigenvalue weighted by atomic mass is 16.6. The first-order valence-electron chi connectivity index (χ1n) is 11.2. The second-order valence-electron chi connectivity index (χ2n) is 8.20. The fourth-order valence-corrected chi connectivity index (χ4v) is 4.33. The van der Waals surface area contributed by atoms with E-state index in [0.29, 0.717) is 12.5 Å². The molecule has 5 heteroatoms. The Hall–Kier alpha value is -1.75. The van der Waals surface area contributed by atoms with Crippen LogP contribution in [-0.4, -0.2) is 43.3 Å². The smallest absolute Gasteiger partial charge is 0.411 e. The largest absolute Gasteiger partial charge is 0.494 e. The van der Waals surface area contributed by atoms with Crippen LogP contribution in [0.4, 0.5) is 10.5 Å². The Bertz CT molecular complexity index is 601. The fourth-order valence-electron chi connectivity index (χ4n) is 4.33. The van der Waals surface area contributed by atoms with E-state index in [1.807, 2.05) is 24.3 Å². The molecule has 28 heavy (non-hydrogen) atoms. The first kappa shape index (κ1) is 21.0. The molecule has 0 spiro atoms. The van der Waals surface area contributed by atoms with E-state index in [0.717, 1.165) is 43.7 Å². The second-order valence-corrected chi connectivity index (χ2v) is 8.20. The number of ether oxygens (including phenoxy) is 2. The monoisotopic (exact) mass is 388 g/mol. The quantitative estimate of drug-likeness (QED) is 0.571. The summed E-state index contributed by atoms with van der Waals surface area (Å²) in [4.78, 5) is 15.0. The topological polar surface area (TPSA) is 50.8 Å². The Morgan fingerprint density at radius 1 is 1.14 bits per heavy atom. The van der Waals surface area contributed by atoms with Gasteiger partial charge in [0, 0.05) is 24.2 Å². The molecule has 1 saturated heterocycles. The minimum absolute atomic E-state index is 0.0304. The third-order valence-electron chi connectivity index (χ3n) is 5.89. The summed E-state index contributed by atoms with van der Waals surface area (Å²) in [6, 6.07) is 7.58. The highest BCUT2D eigenvalue weighted by Crippen LogP contribution is 2.29. The molecule has 2 unspecified atom stereocenters. The Labute approximate surface area is 169 Å². The second kappa shape index (κ2) is 11.3. The number of carbonyl (C=O) groups excluding carboxylic acids is 1. The van der Waals surface area contributed by atoms with Crippen molar-refractivity contribution in [3.63, 3.8) is 0 Å². The summed E-state index contributed by atoms with van der Waals surface area (Å²) in [6.07, 6.45) is 10.2. The maximum absolute atomic E-state index is 12.5. The molecule has 1 aliphatic heterocycles. The average molecular weight is 389 g/mol. The molecule has 0 aromatic heterocycles. The van der Waals surface area contributed by atoms with Gasteiger partial charge in [0.05, 0.1) is 6.61 Å². The first-order chi connectivity index (χ1) is 13.7. The molecule has 1 aromatic rings. The van der Waals surface area contributed by atoms with Gasteiger partial charge in [-0.05, 0) is 63.7 Å². The molecule has 5 nitrogen and oxygen atoms in total. The number of rotatable bonds is 9. The summed E-state index contributed by atoms with van der Waals surface area (Å²) in [7, 11) is 0. The lowest BCUT2D eigenvalue weighted by atomic mass is 9.86. The van der Waals surface area contributed by atoms with Crippen molar-refractivity contribution in [2.45, 2.75) is 70.8 Å². The van der Waals surface area contributed by atoms with Crippen LogP contribution in [0.3, 0.4) is 0 Å². The predicted octanol–water partition coefficient (Wildman–Crippen LogP) is 5.46. The van der Waals surface area contributed by atoms with Crippen molar-refractivity contribution < 1.29 is 14.3 Å². The van der Waals surface area contributed by atoms with Gasteiger partial charge in [-0.1, -0.05) is 32.3 Å². The maximum atomic E-state index is 12.5. The van der Waals surface area contributed by atoms with E-state index < -0.39 is 0 Å². The number of nitrogens with zero attached hydrogens (tertiary/aromatic N) is 1. The third kappa shape index (κ3) is 6.69. The van der Waals surface area contributed by atoms with Crippen LogP contribution in [-0.2, 0) is 4.74 Å². The van der Waals surface area contributed by atoms with Crippen molar-refractivity contribution in [3.05, 3.63) is 24.3 Å². The third-order valence-corrected chi connectivity index (χ3v) is 5.89. The molecule has 1 N–H and O–H groups in total. The van der Waals surface area contributed by atoms with Crippen LogP contribution in [0.15, 0.2) is 24.3 Å². The molecule has 2 atom stereocenters. The van der Waals surface area contributed by atoms with E-state index in [-0.39, 0.29) is 12.2 Å². The van der Waals surface area contributed by atoms with Gasteiger partial charge in [0.2, 0.25) is 0 Å². The fraction of sp³-hybridized carbons (Fsp3) is 0.696. The zero-order chi connectivity index (χ0) is 19.6. The van der Waals surface area contributed by atoms with Gasteiger partial charge in [0.15, 0.2) is 0 Å². The van der Waals surface area contributed by atoms with Crippen molar-refractivity contribution >= 4 is 11.8 Å². The van der Waals surface area contributed by atoms with Crippen molar-refractivity contribution in [1.82, 2.24) is 4.90 Å². The van der Waals surface area contributed by atoms with Crippen LogP contribution in [0.2, 0.25) is 0 Å². The van der Waals surface area contributed by atoms with Gasteiger partial charge in [0.25, 0.3) is 0 Å². The van der Waals surface area contributed by atoms with Crippen LogP contribution >= 0.6 is 0 Å². The predicted molar refractivity (Wildman–Crippen MR) is 113 cm³/mol. The van der Waals surface area contributed by atoms with Gasteiger partial charge >= 0.3 is 6.09 Å². The standard InChI is InChI=1S/C23H36N2O3/c1-2-3-8-16-27-21-12-9-11-20(17-21)24-23(26)28-22-13-5-4-10-19(22)18-25-14-6-7-15-25/h9,11-12,17,19,22H,2-8,10,13-16,18H2,1H3,(H,24,26). The number of benzene rings is 1. The summed E-state index contributed by atoms with van der Waals surface area (Å²) in [6.45, 7) is 6.35. The highest BCUT2D eigenvalue weighted by molar-refractivity contribution is 5.85. The molecule has 156 valence electrons. The summed E-state index contributed by atoms with van der Waals surface area (Å²) in [5, 5.41) is 2.89. The molecule has 1 aliphatic carbocycles. The lowest BCUT2D eigenvalue weighted by molar-refractivity contribution is 0.0327. The van der Waals surface area contributed by atoms with Crippen molar-refractivity contribution in [1.29, 1.82) is 0 Å². The molecule has 1 saturated carbocycles. The zero-order valence-electron chi connectivity index (χ0n) is 17.3. The van der Waals surface area contributed by atoms with Gasteiger partial charge in [0.1, 0.15) is 11.9 Å². The molecule has 3 rings (SSSR count). The molecular formula is C23H36N2O3. The number of amides is 1. The lowest BCUT2D eigenvalue weighted by Gasteiger charge is -2.33. The van der Waals surface area contributed by atoms with Crippen LogP contribution < -0.4 is 10.1 Å². The Kier molecular flexibility index (Phi) is 8.46. The number of hydrogen-bond acceptors (Lipinski definition) is 4. The minimum atomic E-state index is -0.346. The van der Waals surface area contributed by atoms with Crippen molar-refractivity contribution in [2.24, 2.45) is 5.92 Å². The van der Waals surface area contributed by atoms with Gasteiger partial charge in [-0.25, -0.2) is 4.79 Å². The first-order valence-corrected chi connectivity index (χ1v) is 11.2.